The van der Waals surface area contributed by atoms with Gasteiger partial charge < -0.3 is 46.8 Å². The Kier molecular flexibility index (Phi) is 32.4. The van der Waals surface area contributed by atoms with Gasteiger partial charge in [-0.05, 0) is 47.8 Å². The van der Waals surface area contributed by atoms with Crippen LogP contribution in [0.4, 0.5) is 0 Å². The van der Waals surface area contributed by atoms with Gasteiger partial charge in [0.1, 0.15) is 0 Å². The molecule has 0 unspecified atom stereocenters. The third-order valence-electron chi connectivity index (χ3n) is 5.02. The van der Waals surface area contributed by atoms with E-state index in [0.717, 1.165) is 74.6 Å². The third kappa shape index (κ3) is 51.5. The van der Waals surface area contributed by atoms with Crippen molar-refractivity contribution < 1.29 is 52.9 Å². The van der Waals surface area contributed by atoms with Gasteiger partial charge in [0.05, 0.1) is 62.5 Å². The van der Waals surface area contributed by atoms with E-state index in [1.54, 1.807) is 20.8 Å². The zero-order chi connectivity index (χ0) is 35.7. The normalized spacial score (nSPS) is 10.6. The van der Waals surface area contributed by atoms with Gasteiger partial charge in [-0.3, -0.25) is 18.6 Å². The van der Waals surface area contributed by atoms with Gasteiger partial charge >= 0.3 is 0 Å². The lowest BCUT2D eigenvalue weighted by Gasteiger charge is -2.23. The molecular weight excluding hydrogens is 624 g/mol. The second kappa shape index (κ2) is 27.9. The van der Waals surface area contributed by atoms with Crippen molar-refractivity contribution in [2.45, 2.75) is 40.0 Å². The summed E-state index contributed by atoms with van der Waals surface area (Å²) < 4.78 is 32.9. The van der Waals surface area contributed by atoms with Crippen LogP contribution >= 0.6 is 0 Å². The maximum absolute atomic E-state index is 11.1. The largest absolute Gasteiger partial charge is 1.00 e. The van der Waals surface area contributed by atoms with E-state index in [-0.39, 0.29) is 30.1 Å². The quantitative estimate of drug-likeness (QED) is 0.0569. The highest BCUT2D eigenvalue weighted by atomic mass is 35.5. The Balaban J connectivity index is -0.000000162. The number of nitrogens with zero attached hydrogens (tertiary/aromatic N) is 3. The minimum absolute atomic E-state index is 0. The second-order valence-electron chi connectivity index (χ2n) is 12.6. The monoisotopic (exact) mass is 686 g/mol. The van der Waals surface area contributed by atoms with Crippen molar-refractivity contribution in [3.05, 3.63) is 36.5 Å². The SMILES string of the molecule is C=C(C)C(=O)NCCCN(C)C.C=C(C)C(=O)NCCC[N+](C)(C)C.C=C(C)C(=O)NCCC[N+](C)(C)C.COS(=O)(=O)[O-].[Cl-]. The molecule has 0 aliphatic heterocycles. The van der Waals surface area contributed by atoms with Crippen LogP contribution in [0.3, 0.4) is 0 Å². The highest BCUT2D eigenvalue weighted by Gasteiger charge is 2.07. The van der Waals surface area contributed by atoms with E-state index in [0.29, 0.717) is 16.7 Å². The lowest BCUT2D eigenvalue weighted by Crippen LogP contribution is -3.00. The number of rotatable bonds is 16. The molecule has 0 radical (unpaired) electrons. The second-order valence-corrected chi connectivity index (χ2v) is 13.7. The smallest absolute Gasteiger partial charge is 0.246 e. The number of carbonyl (C=O) groups excluding carboxylic acids is 3. The Bertz CT molecular complexity index is 946. The van der Waals surface area contributed by atoms with Crippen molar-refractivity contribution in [3.8, 4) is 0 Å². The fourth-order valence-corrected chi connectivity index (χ4v) is 2.56. The maximum Gasteiger partial charge on any atom is 0.246 e. The summed E-state index contributed by atoms with van der Waals surface area (Å²) in [6, 6.07) is 0. The topological polar surface area (TPSA) is 157 Å². The first-order valence-electron chi connectivity index (χ1n) is 14.3. The van der Waals surface area contributed by atoms with Gasteiger partial charge in [-0.15, -0.1) is 0 Å². The summed E-state index contributed by atoms with van der Waals surface area (Å²) in [5, 5.41) is 8.38. The molecule has 0 aliphatic rings. The molecule has 0 heterocycles. The third-order valence-corrected chi connectivity index (χ3v) is 5.43. The molecule has 0 saturated carbocycles. The summed E-state index contributed by atoms with van der Waals surface area (Å²) in [5.41, 5.74) is 1.72. The van der Waals surface area contributed by atoms with Gasteiger partial charge in [0.15, 0.2) is 0 Å². The van der Waals surface area contributed by atoms with E-state index in [9.17, 15) is 27.4 Å². The van der Waals surface area contributed by atoms with E-state index < -0.39 is 10.4 Å². The predicted octanol–water partition coefficient (Wildman–Crippen LogP) is -1.72. The van der Waals surface area contributed by atoms with Crippen LogP contribution in [0.25, 0.3) is 0 Å². The van der Waals surface area contributed by atoms with Crippen LogP contribution in [0.15, 0.2) is 36.5 Å². The van der Waals surface area contributed by atoms with Crippen molar-refractivity contribution in [2.24, 2.45) is 0 Å². The van der Waals surface area contributed by atoms with Gasteiger partial charge in [0.25, 0.3) is 0 Å². The van der Waals surface area contributed by atoms with Gasteiger partial charge in [0.2, 0.25) is 28.1 Å². The Morgan fingerprint density at radius 2 is 0.933 bits per heavy atom. The van der Waals surface area contributed by atoms with Crippen molar-refractivity contribution in [2.75, 3.05) is 103 Å². The maximum atomic E-state index is 11.1. The molecule has 0 rings (SSSR count). The minimum Gasteiger partial charge on any atom is -1.00 e. The lowest BCUT2D eigenvalue weighted by atomic mass is 10.3. The number of hydrogen-bond donors (Lipinski definition) is 3. The van der Waals surface area contributed by atoms with Crippen molar-refractivity contribution >= 4 is 28.1 Å². The molecule has 0 aromatic rings. The van der Waals surface area contributed by atoms with Gasteiger partial charge in [0, 0.05) is 49.2 Å². The first kappa shape index (κ1) is 52.2. The number of nitrogens with one attached hydrogen (secondary N) is 3. The Morgan fingerprint density at radius 3 is 1.11 bits per heavy atom. The Hall–Kier alpha value is -2.33. The zero-order valence-electron chi connectivity index (χ0n) is 30.0. The molecule has 13 nitrogen and oxygen atoms in total. The van der Waals surface area contributed by atoms with Gasteiger partial charge in [-0.2, -0.15) is 0 Å². The molecule has 3 amide bonds. The number of amides is 3. The van der Waals surface area contributed by atoms with Crippen LogP contribution in [-0.4, -0.2) is 147 Å². The number of halogens is 1. The van der Waals surface area contributed by atoms with Crippen LogP contribution in [0, 0.1) is 0 Å². The Morgan fingerprint density at radius 1 is 0.689 bits per heavy atom. The summed E-state index contributed by atoms with van der Waals surface area (Å²) in [4.78, 5) is 35.2. The van der Waals surface area contributed by atoms with E-state index >= 15 is 0 Å². The highest BCUT2D eigenvalue weighted by Crippen LogP contribution is 1.94. The average Bonchev–Trinajstić information content (AvgIpc) is 2.85. The molecule has 0 atom stereocenters. The molecule has 0 aromatic carbocycles. The first-order chi connectivity index (χ1) is 19.8. The van der Waals surface area contributed by atoms with Crippen LogP contribution in [-0.2, 0) is 29.0 Å². The van der Waals surface area contributed by atoms with Gasteiger partial charge in [-0.1, -0.05) is 19.7 Å². The van der Waals surface area contributed by atoms with Crippen LogP contribution in [0.1, 0.15) is 40.0 Å². The fourth-order valence-electron chi connectivity index (χ4n) is 2.56. The standard InChI is InChI=1S/2C10H20N2O.C9H18N2O.CH4O4S.ClH/c2*1-9(2)10(13)11-7-6-8-12(3,4)5;1-8(2)9(12)10-6-5-7-11(3)4;1-5-6(2,3)4;/h2*1,6-8H2,2-5H3;1,5-7H2,2-4H3,(H,10,12);1H3,(H,2,3,4);1H. The molecule has 0 spiro atoms. The predicted molar refractivity (Wildman–Crippen MR) is 178 cm³/mol. The molecular formula is C30H63ClN6O7S. The van der Waals surface area contributed by atoms with Crippen molar-refractivity contribution in [1.29, 1.82) is 0 Å². The molecule has 0 aromatic heterocycles. The summed E-state index contributed by atoms with van der Waals surface area (Å²) in [5.74, 6) is -0.128. The molecule has 3 N–H and O–H groups in total. The van der Waals surface area contributed by atoms with E-state index in [1.807, 2.05) is 14.1 Å². The van der Waals surface area contributed by atoms with Crippen molar-refractivity contribution in [3.63, 3.8) is 0 Å². The molecule has 0 aliphatic carbocycles. The number of quaternary nitrogens is 2. The molecule has 268 valence electrons. The highest BCUT2D eigenvalue weighted by molar-refractivity contribution is 7.80. The Labute approximate surface area is 280 Å². The van der Waals surface area contributed by atoms with Crippen LogP contribution < -0.4 is 28.4 Å². The van der Waals surface area contributed by atoms with E-state index in [2.05, 4.69) is 87.1 Å². The minimum atomic E-state index is -4.41. The summed E-state index contributed by atoms with van der Waals surface area (Å²) in [6.07, 6.45) is 2.98. The fraction of sp³-hybridized carbons (Fsp3) is 0.700. The molecule has 45 heavy (non-hydrogen) atoms. The lowest BCUT2D eigenvalue weighted by molar-refractivity contribution is -0.870. The van der Waals surface area contributed by atoms with Crippen LogP contribution in [0.5, 0.6) is 0 Å². The summed E-state index contributed by atoms with van der Waals surface area (Å²) in [7, 11) is 13.3. The van der Waals surface area contributed by atoms with E-state index in [4.69, 9.17) is 0 Å². The number of carbonyl (C=O) groups is 3. The average molecular weight is 687 g/mol. The summed E-state index contributed by atoms with van der Waals surface area (Å²) in [6.45, 7) is 21.2. The molecule has 0 fully saturated rings. The van der Waals surface area contributed by atoms with E-state index in [1.165, 1.54) is 0 Å². The number of hydrogen-bond acceptors (Lipinski definition) is 8. The van der Waals surface area contributed by atoms with Crippen molar-refractivity contribution in [1.82, 2.24) is 20.9 Å². The van der Waals surface area contributed by atoms with Crippen LogP contribution in [0.2, 0.25) is 0 Å². The molecule has 15 heteroatoms. The zero-order valence-corrected chi connectivity index (χ0v) is 31.5. The molecule has 0 bridgehead atoms. The van der Waals surface area contributed by atoms with Gasteiger partial charge in [-0.25, -0.2) is 8.42 Å². The molecule has 0 saturated heterocycles. The first-order valence-corrected chi connectivity index (χ1v) is 15.7. The summed E-state index contributed by atoms with van der Waals surface area (Å²) >= 11 is 0.